The van der Waals surface area contributed by atoms with Gasteiger partial charge in [-0.15, -0.1) is 0 Å². The highest BCUT2D eigenvalue weighted by molar-refractivity contribution is 5.78. The van der Waals surface area contributed by atoms with Gasteiger partial charge >= 0.3 is 0 Å². The lowest BCUT2D eigenvalue weighted by atomic mass is 10.1. The topological polar surface area (TPSA) is 62.5 Å². The molecule has 4 rings (SSSR count). The molecule has 0 radical (unpaired) electrons. The predicted molar refractivity (Wildman–Crippen MR) is 99.3 cm³/mol. The molecular formula is C20H18N4O. The highest BCUT2D eigenvalue weighted by Gasteiger charge is 2.11. The van der Waals surface area contributed by atoms with E-state index in [9.17, 15) is 5.11 Å². The van der Waals surface area contributed by atoms with E-state index in [1.165, 1.54) is 0 Å². The molecule has 0 spiro atoms. The number of hydrogen-bond donors (Lipinski definition) is 2. The van der Waals surface area contributed by atoms with Crippen LogP contribution in [0.2, 0.25) is 0 Å². The number of rotatable bonds is 3. The number of aryl methyl sites for hydroxylation is 2. The molecule has 4 aromatic rings. The van der Waals surface area contributed by atoms with Gasteiger partial charge < -0.3 is 14.8 Å². The van der Waals surface area contributed by atoms with Crippen molar-refractivity contribution in [3.8, 4) is 17.0 Å². The summed E-state index contributed by atoms with van der Waals surface area (Å²) in [6.45, 7) is 4.14. The second-order valence-electron chi connectivity index (χ2n) is 6.10. The maximum atomic E-state index is 9.76. The van der Waals surface area contributed by atoms with Crippen molar-refractivity contribution in [1.82, 2.24) is 14.4 Å². The molecule has 0 aliphatic heterocycles. The third-order valence-corrected chi connectivity index (χ3v) is 4.27. The molecule has 0 saturated heterocycles. The number of phenols is 1. The van der Waals surface area contributed by atoms with Crippen LogP contribution in [0, 0.1) is 13.8 Å². The number of aromatic hydroxyl groups is 1. The van der Waals surface area contributed by atoms with Crippen molar-refractivity contribution in [2.45, 2.75) is 13.8 Å². The van der Waals surface area contributed by atoms with E-state index in [4.69, 9.17) is 4.98 Å². The van der Waals surface area contributed by atoms with Gasteiger partial charge in [0.25, 0.3) is 0 Å². The fourth-order valence-corrected chi connectivity index (χ4v) is 2.96. The van der Waals surface area contributed by atoms with Crippen molar-refractivity contribution in [2.75, 3.05) is 5.32 Å². The minimum absolute atomic E-state index is 0.217. The van der Waals surface area contributed by atoms with Crippen LogP contribution in [0.4, 0.5) is 11.5 Å². The van der Waals surface area contributed by atoms with E-state index in [-0.39, 0.29) is 5.75 Å². The number of aromatic nitrogens is 3. The van der Waals surface area contributed by atoms with Gasteiger partial charge in [-0.05, 0) is 37.1 Å². The summed E-state index contributed by atoms with van der Waals surface area (Å²) in [5, 5.41) is 13.2. The Morgan fingerprint density at radius 3 is 2.56 bits per heavy atom. The molecule has 0 fully saturated rings. The first-order valence-corrected chi connectivity index (χ1v) is 8.07. The Labute approximate surface area is 145 Å². The number of benzene rings is 2. The quantitative estimate of drug-likeness (QED) is 0.582. The van der Waals surface area contributed by atoms with Crippen molar-refractivity contribution >= 4 is 17.0 Å². The molecule has 2 aromatic carbocycles. The minimum atomic E-state index is 0.217. The Morgan fingerprint density at radius 2 is 1.80 bits per heavy atom. The van der Waals surface area contributed by atoms with Crippen LogP contribution in [0.1, 0.15) is 11.1 Å². The fraction of sp³-hybridized carbons (Fsp3) is 0.100. The van der Waals surface area contributed by atoms with E-state index in [1.54, 1.807) is 24.7 Å². The smallest absolute Gasteiger partial charge is 0.157 e. The van der Waals surface area contributed by atoms with Gasteiger partial charge in [-0.2, -0.15) is 0 Å². The molecule has 0 amide bonds. The second kappa shape index (κ2) is 5.94. The van der Waals surface area contributed by atoms with Gasteiger partial charge in [0, 0.05) is 17.4 Å². The molecule has 5 heteroatoms. The first-order chi connectivity index (χ1) is 12.1. The Hall–Kier alpha value is -3.34. The van der Waals surface area contributed by atoms with E-state index < -0.39 is 0 Å². The SMILES string of the molecule is Cc1cccc(C)c1Nc1nc(-c2cccc(O)c2)cn2cncc12. The number of fused-ring (bicyclic) bond motifs is 1. The van der Waals surface area contributed by atoms with Crippen LogP contribution in [-0.2, 0) is 0 Å². The molecule has 0 aliphatic carbocycles. The summed E-state index contributed by atoms with van der Waals surface area (Å²) in [6.07, 6.45) is 5.45. The van der Waals surface area contributed by atoms with E-state index in [0.29, 0.717) is 0 Å². The third-order valence-electron chi connectivity index (χ3n) is 4.27. The number of imidazole rings is 1. The Morgan fingerprint density at radius 1 is 1.04 bits per heavy atom. The lowest BCUT2D eigenvalue weighted by Gasteiger charge is -2.14. The second-order valence-corrected chi connectivity index (χ2v) is 6.10. The van der Waals surface area contributed by atoms with E-state index >= 15 is 0 Å². The van der Waals surface area contributed by atoms with Crippen molar-refractivity contribution < 1.29 is 5.11 Å². The van der Waals surface area contributed by atoms with Crippen molar-refractivity contribution in [2.24, 2.45) is 0 Å². The first kappa shape index (κ1) is 15.2. The zero-order valence-corrected chi connectivity index (χ0v) is 14.1. The molecule has 2 aromatic heterocycles. The number of anilines is 2. The standard InChI is InChI=1S/C20H18N4O/c1-13-5-3-6-14(2)19(13)23-20-18-10-21-12-24(18)11-17(22-20)15-7-4-8-16(25)9-15/h3-12,25H,1-2H3,(H,22,23). The van der Waals surface area contributed by atoms with E-state index in [0.717, 1.165) is 39.4 Å². The summed E-state index contributed by atoms with van der Waals surface area (Å²) >= 11 is 0. The van der Waals surface area contributed by atoms with Crippen LogP contribution >= 0.6 is 0 Å². The summed E-state index contributed by atoms with van der Waals surface area (Å²) < 4.78 is 1.93. The number of para-hydroxylation sites is 1. The summed E-state index contributed by atoms with van der Waals surface area (Å²) in [5.41, 5.74) is 5.86. The van der Waals surface area contributed by atoms with Crippen molar-refractivity contribution in [1.29, 1.82) is 0 Å². The minimum Gasteiger partial charge on any atom is -0.508 e. The lowest BCUT2D eigenvalue weighted by molar-refractivity contribution is 0.475. The Balaban J connectivity index is 1.87. The Bertz CT molecular complexity index is 1050. The normalized spacial score (nSPS) is 11.0. The molecule has 5 nitrogen and oxygen atoms in total. The summed E-state index contributed by atoms with van der Waals surface area (Å²) in [4.78, 5) is 9.01. The molecule has 0 saturated carbocycles. The third kappa shape index (κ3) is 2.80. The average molecular weight is 330 g/mol. The fourth-order valence-electron chi connectivity index (χ4n) is 2.96. The maximum Gasteiger partial charge on any atom is 0.157 e. The van der Waals surface area contributed by atoms with Gasteiger partial charge in [-0.1, -0.05) is 30.3 Å². The van der Waals surface area contributed by atoms with Crippen LogP contribution in [0.15, 0.2) is 61.2 Å². The van der Waals surface area contributed by atoms with Gasteiger partial charge in [0.2, 0.25) is 0 Å². The van der Waals surface area contributed by atoms with E-state index in [2.05, 4.69) is 36.3 Å². The molecule has 124 valence electrons. The van der Waals surface area contributed by atoms with Crippen molar-refractivity contribution in [3.63, 3.8) is 0 Å². The van der Waals surface area contributed by atoms with Crippen molar-refractivity contribution in [3.05, 3.63) is 72.3 Å². The summed E-state index contributed by atoms with van der Waals surface area (Å²) in [5.74, 6) is 0.949. The first-order valence-electron chi connectivity index (χ1n) is 8.07. The lowest BCUT2D eigenvalue weighted by Crippen LogP contribution is -2.02. The van der Waals surface area contributed by atoms with Gasteiger partial charge in [0.15, 0.2) is 5.82 Å². The van der Waals surface area contributed by atoms with Crippen LogP contribution in [0.25, 0.3) is 16.8 Å². The zero-order chi connectivity index (χ0) is 17.4. The van der Waals surface area contributed by atoms with Gasteiger partial charge in [0.1, 0.15) is 11.3 Å². The highest BCUT2D eigenvalue weighted by atomic mass is 16.3. The maximum absolute atomic E-state index is 9.76. The van der Waals surface area contributed by atoms with Gasteiger partial charge in [0.05, 0.1) is 18.2 Å². The summed E-state index contributed by atoms with van der Waals surface area (Å²) in [7, 11) is 0. The number of phenolic OH excluding ortho intramolecular Hbond substituents is 1. The number of nitrogens with zero attached hydrogens (tertiary/aromatic N) is 3. The summed E-state index contributed by atoms with van der Waals surface area (Å²) in [6, 6.07) is 13.3. The monoisotopic (exact) mass is 330 g/mol. The molecule has 25 heavy (non-hydrogen) atoms. The Kier molecular flexibility index (Phi) is 3.61. The molecular weight excluding hydrogens is 312 g/mol. The number of nitrogens with one attached hydrogen (secondary N) is 1. The number of hydrogen-bond acceptors (Lipinski definition) is 4. The molecule has 0 atom stereocenters. The molecule has 0 aliphatic rings. The molecule has 2 N–H and O–H groups in total. The zero-order valence-electron chi connectivity index (χ0n) is 14.1. The average Bonchev–Trinajstić information content (AvgIpc) is 3.07. The van der Waals surface area contributed by atoms with E-state index in [1.807, 2.05) is 28.8 Å². The molecule has 2 heterocycles. The predicted octanol–water partition coefficient (Wildman–Crippen LogP) is 4.46. The van der Waals surface area contributed by atoms with Gasteiger partial charge in [-0.25, -0.2) is 9.97 Å². The largest absolute Gasteiger partial charge is 0.508 e. The van der Waals surface area contributed by atoms with Crippen LogP contribution < -0.4 is 5.32 Å². The highest BCUT2D eigenvalue weighted by Crippen LogP contribution is 2.29. The molecule has 0 bridgehead atoms. The van der Waals surface area contributed by atoms with Crippen LogP contribution in [0.3, 0.4) is 0 Å². The molecule has 0 unspecified atom stereocenters. The van der Waals surface area contributed by atoms with Crippen LogP contribution in [-0.4, -0.2) is 19.5 Å². The van der Waals surface area contributed by atoms with Gasteiger partial charge in [-0.3, -0.25) is 0 Å². The van der Waals surface area contributed by atoms with Crippen LogP contribution in [0.5, 0.6) is 5.75 Å².